The number of aromatic nitrogens is 1. The molecule has 0 atom stereocenters. The molecule has 1 N–H and O–H groups in total. The molecule has 0 saturated carbocycles. The van der Waals surface area contributed by atoms with Gasteiger partial charge < -0.3 is 14.5 Å². The number of fused-ring (bicyclic) bond motifs is 3. The average molecular weight is 297 g/mol. The lowest BCUT2D eigenvalue weighted by atomic mass is 10.1. The summed E-state index contributed by atoms with van der Waals surface area (Å²) in [5.41, 5.74) is 2.19. The number of nitrogens with one attached hydrogen (secondary N) is 1. The molecular formula is C18H19NO3. The minimum absolute atomic E-state index is 0.168. The van der Waals surface area contributed by atoms with Crippen LogP contribution in [0.2, 0.25) is 0 Å². The number of rotatable bonds is 6. The van der Waals surface area contributed by atoms with Crippen LogP contribution >= 0.6 is 0 Å². The van der Waals surface area contributed by atoms with Crippen LogP contribution in [-0.2, 0) is 9.53 Å². The van der Waals surface area contributed by atoms with Crippen molar-refractivity contribution in [1.82, 2.24) is 4.98 Å². The Bertz CT molecular complexity index is 791. The van der Waals surface area contributed by atoms with Gasteiger partial charge in [-0.05, 0) is 31.0 Å². The Morgan fingerprint density at radius 3 is 2.73 bits per heavy atom. The van der Waals surface area contributed by atoms with Crippen LogP contribution in [0.5, 0.6) is 5.75 Å². The van der Waals surface area contributed by atoms with Gasteiger partial charge >= 0.3 is 5.97 Å². The molecular weight excluding hydrogens is 278 g/mol. The average Bonchev–Trinajstić information content (AvgIpc) is 2.93. The number of methoxy groups -OCH3 is 1. The van der Waals surface area contributed by atoms with Crippen molar-refractivity contribution in [2.75, 3.05) is 13.7 Å². The topological polar surface area (TPSA) is 51.3 Å². The first-order chi connectivity index (χ1) is 10.8. The van der Waals surface area contributed by atoms with Crippen molar-refractivity contribution in [3.8, 4) is 5.75 Å². The quantitative estimate of drug-likeness (QED) is 0.552. The number of aromatic amines is 1. The molecule has 0 aliphatic heterocycles. The zero-order valence-corrected chi connectivity index (χ0v) is 12.6. The van der Waals surface area contributed by atoms with Crippen LogP contribution in [0.3, 0.4) is 0 Å². The fourth-order valence-corrected chi connectivity index (χ4v) is 2.64. The maximum Gasteiger partial charge on any atom is 0.305 e. The van der Waals surface area contributed by atoms with Gasteiger partial charge in [-0.1, -0.05) is 24.3 Å². The Kier molecular flexibility index (Phi) is 4.28. The Labute approximate surface area is 129 Å². The van der Waals surface area contributed by atoms with Gasteiger partial charge in [0.05, 0.1) is 19.2 Å². The van der Waals surface area contributed by atoms with E-state index in [1.807, 2.05) is 24.3 Å². The van der Waals surface area contributed by atoms with Gasteiger partial charge in [0.2, 0.25) is 0 Å². The van der Waals surface area contributed by atoms with E-state index in [2.05, 4.69) is 27.9 Å². The summed E-state index contributed by atoms with van der Waals surface area (Å²) < 4.78 is 10.6. The molecule has 1 aromatic heterocycles. The van der Waals surface area contributed by atoms with E-state index in [9.17, 15) is 4.79 Å². The SMILES string of the molecule is COC(=O)CCCCOc1cccc2[nH]c3ccccc3c12. The smallest absolute Gasteiger partial charge is 0.305 e. The van der Waals surface area contributed by atoms with Crippen LogP contribution < -0.4 is 4.74 Å². The standard InChI is InChI=1S/C18H19NO3/c1-21-17(20)11-4-5-12-22-16-10-6-9-15-18(16)13-7-2-3-8-14(13)19-15/h2-3,6-10,19H,4-5,11-12H2,1H3. The number of carbonyl (C=O) groups excluding carboxylic acids is 1. The van der Waals surface area contributed by atoms with Gasteiger partial charge in [0.25, 0.3) is 0 Å². The van der Waals surface area contributed by atoms with E-state index in [1.165, 1.54) is 12.5 Å². The second kappa shape index (κ2) is 6.52. The van der Waals surface area contributed by atoms with E-state index in [0.29, 0.717) is 13.0 Å². The summed E-state index contributed by atoms with van der Waals surface area (Å²) >= 11 is 0. The van der Waals surface area contributed by atoms with Crippen molar-refractivity contribution in [2.45, 2.75) is 19.3 Å². The number of hydrogen-bond acceptors (Lipinski definition) is 3. The first-order valence-corrected chi connectivity index (χ1v) is 7.48. The molecule has 0 unspecified atom stereocenters. The third-order valence-electron chi connectivity index (χ3n) is 3.75. The fraction of sp³-hybridized carbons (Fsp3) is 0.278. The van der Waals surface area contributed by atoms with Crippen molar-refractivity contribution in [1.29, 1.82) is 0 Å². The Balaban J connectivity index is 1.72. The summed E-state index contributed by atoms with van der Waals surface area (Å²) in [6.45, 7) is 0.593. The summed E-state index contributed by atoms with van der Waals surface area (Å²) in [6.07, 6.45) is 2.04. The molecule has 4 nitrogen and oxygen atoms in total. The van der Waals surface area contributed by atoms with Gasteiger partial charge in [0.1, 0.15) is 5.75 Å². The Morgan fingerprint density at radius 1 is 1.05 bits per heavy atom. The number of carbonyl (C=O) groups is 1. The molecule has 114 valence electrons. The fourth-order valence-electron chi connectivity index (χ4n) is 2.64. The van der Waals surface area contributed by atoms with Gasteiger partial charge in [0, 0.05) is 22.7 Å². The molecule has 0 amide bonds. The highest BCUT2D eigenvalue weighted by molar-refractivity contribution is 6.10. The van der Waals surface area contributed by atoms with E-state index >= 15 is 0 Å². The third kappa shape index (κ3) is 2.91. The zero-order valence-electron chi connectivity index (χ0n) is 12.6. The number of hydrogen-bond donors (Lipinski definition) is 1. The van der Waals surface area contributed by atoms with Gasteiger partial charge in [-0.2, -0.15) is 0 Å². The van der Waals surface area contributed by atoms with E-state index in [-0.39, 0.29) is 5.97 Å². The minimum Gasteiger partial charge on any atom is -0.493 e. The summed E-state index contributed by atoms with van der Waals surface area (Å²) in [5.74, 6) is 0.715. The van der Waals surface area contributed by atoms with Gasteiger partial charge in [-0.3, -0.25) is 4.79 Å². The van der Waals surface area contributed by atoms with Crippen molar-refractivity contribution in [2.24, 2.45) is 0 Å². The summed E-state index contributed by atoms with van der Waals surface area (Å²) in [7, 11) is 1.41. The molecule has 2 aromatic carbocycles. The molecule has 0 radical (unpaired) electrons. The minimum atomic E-state index is -0.168. The molecule has 0 aliphatic carbocycles. The van der Waals surface area contributed by atoms with Crippen LogP contribution in [0.4, 0.5) is 0 Å². The number of benzene rings is 2. The highest BCUT2D eigenvalue weighted by Crippen LogP contribution is 2.32. The lowest BCUT2D eigenvalue weighted by Crippen LogP contribution is -2.02. The molecule has 4 heteroatoms. The van der Waals surface area contributed by atoms with Crippen molar-refractivity contribution < 1.29 is 14.3 Å². The molecule has 0 spiro atoms. The number of unbranched alkanes of at least 4 members (excludes halogenated alkanes) is 1. The molecule has 0 saturated heterocycles. The largest absolute Gasteiger partial charge is 0.493 e. The van der Waals surface area contributed by atoms with Crippen LogP contribution in [0.1, 0.15) is 19.3 Å². The maximum atomic E-state index is 11.1. The molecule has 3 aromatic rings. The van der Waals surface area contributed by atoms with Crippen LogP contribution in [0.25, 0.3) is 21.8 Å². The van der Waals surface area contributed by atoms with Crippen LogP contribution in [0, 0.1) is 0 Å². The van der Waals surface area contributed by atoms with E-state index in [0.717, 1.165) is 35.0 Å². The second-order valence-electron chi connectivity index (χ2n) is 5.23. The molecule has 1 heterocycles. The van der Waals surface area contributed by atoms with Crippen molar-refractivity contribution >= 4 is 27.8 Å². The third-order valence-corrected chi connectivity index (χ3v) is 3.75. The van der Waals surface area contributed by atoms with Crippen LogP contribution in [-0.4, -0.2) is 24.7 Å². The van der Waals surface area contributed by atoms with E-state index in [1.54, 1.807) is 0 Å². The maximum absolute atomic E-state index is 11.1. The predicted octanol–water partition coefficient (Wildman–Crippen LogP) is 4.04. The molecule has 3 rings (SSSR count). The predicted molar refractivity (Wildman–Crippen MR) is 87.2 cm³/mol. The second-order valence-corrected chi connectivity index (χ2v) is 5.23. The lowest BCUT2D eigenvalue weighted by molar-refractivity contribution is -0.140. The van der Waals surface area contributed by atoms with E-state index < -0.39 is 0 Å². The summed E-state index contributed by atoms with van der Waals surface area (Å²) in [6, 6.07) is 14.2. The molecule has 0 fully saturated rings. The summed E-state index contributed by atoms with van der Waals surface area (Å²) in [5, 5.41) is 2.29. The van der Waals surface area contributed by atoms with Crippen molar-refractivity contribution in [3.05, 3.63) is 42.5 Å². The first-order valence-electron chi connectivity index (χ1n) is 7.48. The lowest BCUT2D eigenvalue weighted by Gasteiger charge is -2.07. The normalized spacial score (nSPS) is 11.0. The number of esters is 1. The molecule has 22 heavy (non-hydrogen) atoms. The van der Waals surface area contributed by atoms with E-state index in [4.69, 9.17) is 4.74 Å². The highest BCUT2D eigenvalue weighted by Gasteiger charge is 2.09. The van der Waals surface area contributed by atoms with Gasteiger partial charge in [0.15, 0.2) is 0 Å². The highest BCUT2D eigenvalue weighted by atomic mass is 16.5. The monoisotopic (exact) mass is 297 g/mol. The summed E-state index contributed by atoms with van der Waals surface area (Å²) in [4.78, 5) is 14.5. The van der Waals surface area contributed by atoms with Gasteiger partial charge in [-0.15, -0.1) is 0 Å². The zero-order chi connectivity index (χ0) is 15.4. The van der Waals surface area contributed by atoms with Gasteiger partial charge in [-0.25, -0.2) is 0 Å². The number of para-hydroxylation sites is 1. The first kappa shape index (κ1) is 14.4. The molecule has 0 bridgehead atoms. The number of H-pyrrole nitrogens is 1. The molecule has 0 aliphatic rings. The number of ether oxygens (including phenoxy) is 2. The Morgan fingerprint density at radius 2 is 1.86 bits per heavy atom. The van der Waals surface area contributed by atoms with Crippen molar-refractivity contribution in [3.63, 3.8) is 0 Å². The van der Waals surface area contributed by atoms with Crippen LogP contribution in [0.15, 0.2) is 42.5 Å². The Hall–Kier alpha value is -2.49.